The Morgan fingerprint density at radius 1 is 1.32 bits per heavy atom. The molecule has 0 N–H and O–H groups in total. The van der Waals surface area contributed by atoms with Crippen molar-refractivity contribution in [3.05, 3.63) is 42.0 Å². The first-order valence-corrected chi connectivity index (χ1v) is 8.84. The van der Waals surface area contributed by atoms with Gasteiger partial charge in [-0.05, 0) is 46.2 Å². The summed E-state index contributed by atoms with van der Waals surface area (Å²) in [6.07, 6.45) is 0.185. The van der Waals surface area contributed by atoms with Gasteiger partial charge in [0.2, 0.25) is 10.0 Å². The smallest absolute Gasteiger partial charge is 0.245 e. The number of rotatable bonds is 4. The van der Waals surface area contributed by atoms with Crippen LogP contribution in [0.2, 0.25) is 0 Å². The van der Waals surface area contributed by atoms with Gasteiger partial charge in [0.05, 0.1) is 4.90 Å². The second kappa shape index (κ2) is 5.80. The van der Waals surface area contributed by atoms with Crippen LogP contribution in [-0.4, -0.2) is 31.6 Å². The maximum atomic E-state index is 13.1. The molecule has 0 aliphatic carbocycles. The Kier molecular flexibility index (Phi) is 4.53. The first kappa shape index (κ1) is 17.2. The van der Waals surface area contributed by atoms with Gasteiger partial charge in [-0.15, -0.1) is 0 Å². The van der Waals surface area contributed by atoms with Gasteiger partial charge in [0.25, 0.3) is 0 Å². The Hall–Kier alpha value is -1.17. The van der Waals surface area contributed by atoms with Gasteiger partial charge in [0.15, 0.2) is 0 Å². The van der Waals surface area contributed by atoms with Gasteiger partial charge < -0.3 is 4.74 Å². The number of ether oxygens (including phenoxy) is 1. The van der Waals surface area contributed by atoms with E-state index in [1.807, 2.05) is 39.8 Å². The molecule has 0 aromatic heterocycles. The van der Waals surface area contributed by atoms with Gasteiger partial charge >= 0.3 is 0 Å². The van der Waals surface area contributed by atoms with Crippen LogP contribution in [0.5, 0.6) is 0 Å². The van der Waals surface area contributed by atoms with Crippen LogP contribution in [0.3, 0.4) is 0 Å². The van der Waals surface area contributed by atoms with Crippen LogP contribution in [0, 0.1) is 12.8 Å². The van der Waals surface area contributed by atoms with E-state index in [9.17, 15) is 8.42 Å². The van der Waals surface area contributed by atoms with Crippen molar-refractivity contribution in [1.82, 2.24) is 4.31 Å². The fraction of sp³-hybridized carbons (Fsp3) is 0.529. The molecular formula is C17H25NO3S. The van der Waals surface area contributed by atoms with Crippen LogP contribution >= 0.6 is 0 Å². The Morgan fingerprint density at radius 2 is 1.86 bits per heavy atom. The summed E-state index contributed by atoms with van der Waals surface area (Å²) in [5.41, 5.74) is 1.46. The van der Waals surface area contributed by atoms with Crippen molar-refractivity contribution in [2.24, 2.45) is 5.92 Å². The third-order valence-corrected chi connectivity index (χ3v) is 6.43. The summed E-state index contributed by atoms with van der Waals surface area (Å²) in [5, 5.41) is 0. The van der Waals surface area contributed by atoms with Crippen LogP contribution in [0.1, 0.15) is 32.8 Å². The van der Waals surface area contributed by atoms with E-state index in [0.717, 1.165) is 11.1 Å². The lowest BCUT2D eigenvalue weighted by atomic mass is 9.92. The maximum Gasteiger partial charge on any atom is 0.245 e. The zero-order chi connectivity index (χ0) is 16.7. The lowest BCUT2D eigenvalue weighted by Gasteiger charge is -2.34. The van der Waals surface area contributed by atoms with E-state index in [1.54, 1.807) is 19.2 Å². The van der Waals surface area contributed by atoms with Crippen molar-refractivity contribution in [2.45, 2.75) is 50.8 Å². The van der Waals surface area contributed by atoms with Crippen molar-refractivity contribution in [2.75, 3.05) is 7.11 Å². The zero-order valence-corrected chi connectivity index (χ0v) is 14.8. The van der Waals surface area contributed by atoms with Crippen molar-refractivity contribution >= 4 is 10.0 Å². The molecule has 0 spiro atoms. The number of hydrogen-bond donors (Lipinski definition) is 0. The molecule has 0 radical (unpaired) electrons. The highest BCUT2D eigenvalue weighted by Gasteiger charge is 2.52. The van der Waals surface area contributed by atoms with Crippen molar-refractivity contribution < 1.29 is 13.2 Å². The maximum absolute atomic E-state index is 13.1. The Morgan fingerprint density at radius 3 is 2.32 bits per heavy atom. The van der Waals surface area contributed by atoms with E-state index in [4.69, 9.17) is 4.74 Å². The Balaban J connectivity index is 2.52. The van der Waals surface area contributed by atoms with E-state index in [2.05, 4.69) is 6.58 Å². The Labute approximate surface area is 133 Å². The highest BCUT2D eigenvalue weighted by atomic mass is 32.2. The van der Waals surface area contributed by atoms with Crippen molar-refractivity contribution in [3.63, 3.8) is 0 Å². The average Bonchev–Trinajstić information content (AvgIpc) is 2.71. The standard InChI is InChI=1S/C17H25NO3S/c1-12(2)15-11-17(4,5)18(16(15)21-6)22(19,20)14-9-7-13(3)8-10-14/h7-10,15-16H,1,11H2,2-6H3/t15-,16+/m1/s1. The molecule has 1 aliphatic heterocycles. The van der Waals surface area contributed by atoms with E-state index in [-0.39, 0.29) is 5.92 Å². The predicted molar refractivity (Wildman–Crippen MR) is 88.0 cm³/mol. The van der Waals surface area contributed by atoms with Crippen LogP contribution in [-0.2, 0) is 14.8 Å². The third-order valence-electron chi connectivity index (χ3n) is 4.34. The van der Waals surface area contributed by atoms with E-state index in [1.165, 1.54) is 4.31 Å². The van der Waals surface area contributed by atoms with E-state index < -0.39 is 21.8 Å². The van der Waals surface area contributed by atoms with Crippen LogP contribution in [0.25, 0.3) is 0 Å². The molecule has 2 rings (SSSR count). The summed E-state index contributed by atoms with van der Waals surface area (Å²) in [6, 6.07) is 6.94. The number of sulfonamides is 1. The summed E-state index contributed by atoms with van der Waals surface area (Å²) >= 11 is 0. The molecule has 1 fully saturated rings. The molecule has 2 atom stereocenters. The highest BCUT2D eigenvalue weighted by Crippen LogP contribution is 2.44. The minimum Gasteiger partial charge on any atom is -0.365 e. The average molecular weight is 323 g/mol. The normalized spacial score (nSPS) is 25.3. The molecule has 5 heteroatoms. The van der Waals surface area contributed by atoms with Crippen molar-refractivity contribution in [3.8, 4) is 0 Å². The fourth-order valence-corrected chi connectivity index (χ4v) is 5.14. The molecule has 4 nitrogen and oxygen atoms in total. The lowest BCUT2D eigenvalue weighted by Crippen LogP contribution is -2.48. The molecule has 0 amide bonds. The highest BCUT2D eigenvalue weighted by molar-refractivity contribution is 7.89. The second-order valence-corrected chi connectivity index (χ2v) is 8.52. The molecule has 0 unspecified atom stereocenters. The van der Waals surface area contributed by atoms with Gasteiger partial charge in [0.1, 0.15) is 6.23 Å². The van der Waals surface area contributed by atoms with Crippen LogP contribution < -0.4 is 0 Å². The molecule has 0 saturated carbocycles. The molecule has 1 aliphatic rings. The molecule has 1 heterocycles. The Bertz CT molecular complexity index is 662. The number of benzene rings is 1. The predicted octanol–water partition coefficient (Wildman–Crippen LogP) is 3.33. The monoisotopic (exact) mass is 323 g/mol. The molecule has 22 heavy (non-hydrogen) atoms. The van der Waals surface area contributed by atoms with Gasteiger partial charge in [-0.25, -0.2) is 8.42 Å². The van der Waals surface area contributed by atoms with Gasteiger partial charge in [-0.3, -0.25) is 0 Å². The first-order chi connectivity index (χ1) is 10.1. The molecular weight excluding hydrogens is 298 g/mol. The summed E-state index contributed by atoms with van der Waals surface area (Å²) < 4.78 is 33.3. The summed E-state index contributed by atoms with van der Waals surface area (Å²) in [7, 11) is -2.07. The minimum absolute atomic E-state index is 0.000207. The SMILES string of the molecule is C=C(C)[C@H]1CC(C)(C)N(S(=O)(=O)c2ccc(C)cc2)[C@H]1OC. The van der Waals surface area contributed by atoms with Crippen molar-refractivity contribution in [1.29, 1.82) is 0 Å². The summed E-state index contributed by atoms with van der Waals surface area (Å²) in [5.74, 6) is 0.000207. The number of methoxy groups -OCH3 is 1. The van der Waals surface area contributed by atoms with E-state index >= 15 is 0 Å². The van der Waals surface area contributed by atoms with Crippen LogP contribution in [0.15, 0.2) is 41.3 Å². The van der Waals surface area contributed by atoms with Gasteiger partial charge in [-0.1, -0.05) is 29.8 Å². The molecule has 122 valence electrons. The summed E-state index contributed by atoms with van der Waals surface area (Å²) in [4.78, 5) is 0.301. The molecule has 0 bridgehead atoms. The van der Waals surface area contributed by atoms with E-state index in [0.29, 0.717) is 11.3 Å². The number of aryl methyl sites for hydroxylation is 1. The largest absolute Gasteiger partial charge is 0.365 e. The number of nitrogens with zero attached hydrogens (tertiary/aromatic N) is 1. The number of hydrogen-bond acceptors (Lipinski definition) is 3. The first-order valence-electron chi connectivity index (χ1n) is 7.40. The lowest BCUT2D eigenvalue weighted by molar-refractivity contribution is -0.000159. The zero-order valence-electron chi connectivity index (χ0n) is 14.0. The molecule has 1 saturated heterocycles. The molecule has 1 aromatic carbocycles. The topological polar surface area (TPSA) is 46.6 Å². The second-order valence-electron chi connectivity index (χ2n) is 6.71. The van der Waals surface area contributed by atoms with Gasteiger partial charge in [-0.2, -0.15) is 4.31 Å². The molecule has 1 aromatic rings. The minimum atomic E-state index is -3.62. The van der Waals surface area contributed by atoms with Crippen LogP contribution in [0.4, 0.5) is 0 Å². The van der Waals surface area contributed by atoms with Gasteiger partial charge in [0, 0.05) is 18.6 Å². The third kappa shape index (κ3) is 2.85. The fourth-order valence-electron chi connectivity index (χ4n) is 3.20. The quantitative estimate of drug-likeness (QED) is 0.799. The summed E-state index contributed by atoms with van der Waals surface area (Å²) in [6.45, 7) is 11.7.